The van der Waals surface area contributed by atoms with E-state index in [0.717, 1.165) is 28.1 Å². The van der Waals surface area contributed by atoms with Crippen molar-refractivity contribution in [1.29, 1.82) is 0 Å². The number of nitrogens with zero attached hydrogens (tertiary/aromatic N) is 4. The highest BCUT2D eigenvalue weighted by atomic mass is 32.2. The first-order valence-corrected chi connectivity index (χ1v) is 14.6. The number of fused-ring (bicyclic) bond motifs is 2. The summed E-state index contributed by atoms with van der Waals surface area (Å²) in [6.07, 6.45) is 0. The molecular formula is C30H34N4O5S. The molecule has 2 amide bonds. The minimum absolute atomic E-state index is 0.0542. The molecule has 0 spiro atoms. The van der Waals surface area contributed by atoms with Gasteiger partial charge in [0.15, 0.2) is 11.5 Å². The summed E-state index contributed by atoms with van der Waals surface area (Å²) >= 11 is 1.56. The minimum Gasteiger partial charge on any atom is -0.454 e. The number of carbonyl (C=O) groups excluding carboxylic acids is 2. The molecule has 3 aromatic rings. The van der Waals surface area contributed by atoms with Crippen molar-refractivity contribution in [3.63, 3.8) is 0 Å². The number of aryl methyl sites for hydroxylation is 1. The topological polar surface area (TPSA) is 86.1 Å². The number of benzene rings is 2. The average Bonchev–Trinajstić information content (AvgIpc) is 3.54. The Hall–Kier alpha value is -3.50. The van der Waals surface area contributed by atoms with E-state index in [-0.39, 0.29) is 41.6 Å². The van der Waals surface area contributed by atoms with E-state index in [1.807, 2.05) is 54.1 Å². The van der Waals surface area contributed by atoms with Crippen LogP contribution in [0.15, 0.2) is 42.5 Å². The molecular weight excluding hydrogens is 528 g/mol. The van der Waals surface area contributed by atoms with Gasteiger partial charge in [-0.25, -0.2) is 4.68 Å². The van der Waals surface area contributed by atoms with Crippen molar-refractivity contribution in [1.82, 2.24) is 14.7 Å². The van der Waals surface area contributed by atoms with Crippen molar-refractivity contribution < 1.29 is 23.8 Å². The number of anilines is 1. The molecule has 1 saturated heterocycles. The summed E-state index contributed by atoms with van der Waals surface area (Å²) < 4.78 is 18.6. The molecule has 3 aliphatic rings. The second kappa shape index (κ2) is 10.5. The van der Waals surface area contributed by atoms with Gasteiger partial charge in [0.1, 0.15) is 12.4 Å². The van der Waals surface area contributed by atoms with Gasteiger partial charge in [-0.3, -0.25) is 14.5 Å². The van der Waals surface area contributed by atoms with E-state index in [9.17, 15) is 9.59 Å². The summed E-state index contributed by atoms with van der Waals surface area (Å²) in [5, 5.41) is 4.99. The number of ether oxygens (including phenoxy) is 3. The van der Waals surface area contributed by atoms with Gasteiger partial charge in [0.25, 0.3) is 0 Å². The van der Waals surface area contributed by atoms with Gasteiger partial charge in [0.05, 0.1) is 35.6 Å². The standard InChI is InChI=1S/C30H34N4O5S/c1-19-7-5-6-8-21(19)34-29-26(28(31-34)30(2,3)4)27(20-9-10-22-23(15-20)39-18-38-22)40-17-25(36)33(29)16-24(35)32-11-13-37-14-12-32/h5-10,15,27H,11-14,16-18H2,1-4H3. The molecule has 1 unspecified atom stereocenters. The fourth-order valence-electron chi connectivity index (χ4n) is 5.43. The SMILES string of the molecule is Cc1ccccc1-n1nc(C(C)(C)C)c2c1N(CC(=O)N1CCOCC1)C(=O)CSC2c1ccc2c(c1)OCO2. The van der Waals surface area contributed by atoms with Gasteiger partial charge >= 0.3 is 0 Å². The highest BCUT2D eigenvalue weighted by molar-refractivity contribution is 8.00. The fourth-order valence-corrected chi connectivity index (χ4v) is 6.62. The van der Waals surface area contributed by atoms with Gasteiger partial charge < -0.3 is 19.1 Å². The number of hydrogen-bond acceptors (Lipinski definition) is 7. The third-order valence-electron chi connectivity index (χ3n) is 7.50. The summed E-state index contributed by atoms with van der Waals surface area (Å²) in [6, 6.07) is 14.0. The summed E-state index contributed by atoms with van der Waals surface area (Å²) in [6.45, 7) is 10.6. The number of aromatic nitrogens is 2. The zero-order chi connectivity index (χ0) is 28.0. The van der Waals surface area contributed by atoms with Crippen LogP contribution < -0.4 is 14.4 Å². The maximum atomic E-state index is 13.9. The first-order chi connectivity index (χ1) is 19.2. The summed E-state index contributed by atoms with van der Waals surface area (Å²) in [5.41, 5.74) is 4.40. The lowest BCUT2D eigenvalue weighted by atomic mass is 9.87. The molecule has 0 N–H and O–H groups in total. The van der Waals surface area contributed by atoms with E-state index in [4.69, 9.17) is 19.3 Å². The molecule has 0 bridgehead atoms. The summed E-state index contributed by atoms with van der Waals surface area (Å²) in [4.78, 5) is 30.9. The van der Waals surface area contributed by atoms with Crippen LogP contribution in [0.4, 0.5) is 5.82 Å². The van der Waals surface area contributed by atoms with Crippen LogP contribution in [0.5, 0.6) is 11.5 Å². The average molecular weight is 563 g/mol. The Bertz CT molecular complexity index is 1460. The molecule has 1 fully saturated rings. The molecule has 0 saturated carbocycles. The molecule has 6 rings (SSSR count). The predicted octanol–water partition coefficient (Wildman–Crippen LogP) is 4.23. The van der Waals surface area contributed by atoms with Crippen molar-refractivity contribution >= 4 is 29.4 Å². The third kappa shape index (κ3) is 4.83. The monoisotopic (exact) mass is 562 g/mol. The Morgan fingerprint density at radius 3 is 2.58 bits per heavy atom. The maximum Gasteiger partial charge on any atom is 0.242 e. The van der Waals surface area contributed by atoms with Crippen LogP contribution in [-0.2, 0) is 19.7 Å². The minimum atomic E-state index is -0.333. The van der Waals surface area contributed by atoms with Gasteiger partial charge in [0, 0.05) is 24.1 Å². The number of thioether (sulfide) groups is 1. The highest BCUT2D eigenvalue weighted by Crippen LogP contribution is 2.50. The highest BCUT2D eigenvalue weighted by Gasteiger charge is 2.41. The molecule has 3 aliphatic heterocycles. The van der Waals surface area contributed by atoms with Crippen LogP contribution in [0.2, 0.25) is 0 Å². The molecule has 0 radical (unpaired) electrons. The Labute approximate surface area is 238 Å². The zero-order valence-corrected chi connectivity index (χ0v) is 24.1. The maximum absolute atomic E-state index is 13.9. The summed E-state index contributed by atoms with van der Waals surface area (Å²) in [7, 11) is 0. The van der Waals surface area contributed by atoms with Crippen molar-refractivity contribution in [3.05, 3.63) is 64.8 Å². The number of carbonyl (C=O) groups is 2. The first kappa shape index (κ1) is 26.7. The molecule has 2 aromatic carbocycles. The number of rotatable bonds is 4. The van der Waals surface area contributed by atoms with Crippen LogP contribution in [0, 0.1) is 6.92 Å². The molecule has 1 aromatic heterocycles. The number of morpholine rings is 1. The van der Waals surface area contributed by atoms with Gasteiger partial charge in [-0.05, 0) is 36.2 Å². The number of para-hydroxylation sites is 1. The number of amides is 2. The Morgan fingerprint density at radius 2 is 1.82 bits per heavy atom. The predicted molar refractivity (Wildman–Crippen MR) is 154 cm³/mol. The molecule has 1 atom stereocenters. The van der Waals surface area contributed by atoms with Crippen LogP contribution in [-0.4, -0.2) is 71.9 Å². The number of hydrogen-bond donors (Lipinski definition) is 0. The molecule has 40 heavy (non-hydrogen) atoms. The lowest BCUT2D eigenvalue weighted by Crippen LogP contribution is -2.48. The van der Waals surface area contributed by atoms with Crippen molar-refractivity contribution in [3.8, 4) is 17.2 Å². The lowest BCUT2D eigenvalue weighted by Gasteiger charge is -2.30. The van der Waals surface area contributed by atoms with Gasteiger partial charge in [0.2, 0.25) is 18.6 Å². The van der Waals surface area contributed by atoms with Crippen LogP contribution >= 0.6 is 11.8 Å². The van der Waals surface area contributed by atoms with Gasteiger partial charge in [-0.1, -0.05) is 45.0 Å². The second-order valence-corrected chi connectivity index (χ2v) is 12.4. The smallest absolute Gasteiger partial charge is 0.242 e. The van der Waals surface area contributed by atoms with E-state index < -0.39 is 0 Å². The van der Waals surface area contributed by atoms with Crippen molar-refractivity contribution in [2.45, 2.75) is 38.4 Å². The van der Waals surface area contributed by atoms with E-state index in [1.54, 1.807) is 21.6 Å². The Kier molecular flexibility index (Phi) is 7.00. The van der Waals surface area contributed by atoms with Crippen LogP contribution in [0.3, 0.4) is 0 Å². The van der Waals surface area contributed by atoms with E-state index in [2.05, 4.69) is 20.8 Å². The first-order valence-electron chi connectivity index (χ1n) is 13.6. The zero-order valence-electron chi connectivity index (χ0n) is 23.3. The Balaban J connectivity index is 1.56. The third-order valence-corrected chi connectivity index (χ3v) is 8.75. The quantitative estimate of drug-likeness (QED) is 0.470. The van der Waals surface area contributed by atoms with Gasteiger partial charge in [-0.2, -0.15) is 5.10 Å². The van der Waals surface area contributed by atoms with Crippen molar-refractivity contribution in [2.24, 2.45) is 0 Å². The second-order valence-electron chi connectivity index (χ2n) is 11.3. The molecule has 4 heterocycles. The Morgan fingerprint density at radius 1 is 1.07 bits per heavy atom. The molecule has 9 nitrogen and oxygen atoms in total. The normalized spacial score (nSPS) is 19.0. The van der Waals surface area contributed by atoms with Crippen LogP contribution in [0.1, 0.15) is 48.4 Å². The largest absolute Gasteiger partial charge is 0.454 e. The molecule has 10 heteroatoms. The van der Waals surface area contributed by atoms with Crippen LogP contribution in [0.25, 0.3) is 5.69 Å². The molecule has 210 valence electrons. The molecule has 0 aliphatic carbocycles. The van der Waals surface area contributed by atoms with Crippen molar-refractivity contribution in [2.75, 3.05) is 50.3 Å². The van der Waals surface area contributed by atoms with E-state index >= 15 is 0 Å². The summed E-state index contributed by atoms with van der Waals surface area (Å²) in [5.74, 6) is 2.07. The van der Waals surface area contributed by atoms with E-state index in [0.29, 0.717) is 43.6 Å². The van der Waals surface area contributed by atoms with E-state index in [1.165, 1.54) is 0 Å². The van der Waals surface area contributed by atoms with Gasteiger partial charge in [-0.15, -0.1) is 11.8 Å². The lowest BCUT2D eigenvalue weighted by molar-refractivity contribution is -0.134. The fraction of sp³-hybridized carbons (Fsp3) is 0.433.